The van der Waals surface area contributed by atoms with Crippen LogP contribution in [0, 0.1) is 0 Å². The monoisotopic (exact) mass is 309 g/mol. The molecule has 3 nitrogen and oxygen atoms in total. The summed E-state index contributed by atoms with van der Waals surface area (Å²) >= 11 is 3.24. The van der Waals surface area contributed by atoms with Crippen molar-refractivity contribution < 1.29 is 0 Å². The van der Waals surface area contributed by atoms with E-state index in [1.807, 2.05) is 35.0 Å². The average Bonchev–Trinajstić information content (AvgIpc) is 3.17. The van der Waals surface area contributed by atoms with Crippen molar-refractivity contribution in [3.8, 4) is 22.5 Å². The minimum absolute atomic E-state index is 0.543. The van der Waals surface area contributed by atoms with E-state index in [2.05, 4.69) is 27.5 Å². The van der Waals surface area contributed by atoms with Gasteiger partial charge in [-0.25, -0.2) is 9.97 Å². The van der Waals surface area contributed by atoms with Gasteiger partial charge in [-0.3, -0.25) is 0 Å². The lowest BCUT2D eigenvalue weighted by Gasteiger charge is -2.04. The topological polar surface area (TPSA) is 51.8 Å². The summed E-state index contributed by atoms with van der Waals surface area (Å²) in [5.74, 6) is 1.24. The Bertz CT molecular complexity index is 896. The molecule has 1 aromatic carbocycles. The van der Waals surface area contributed by atoms with Crippen LogP contribution in [0.1, 0.15) is 0 Å². The van der Waals surface area contributed by atoms with Crippen LogP contribution >= 0.6 is 22.7 Å². The van der Waals surface area contributed by atoms with Crippen LogP contribution in [0.4, 0.5) is 5.82 Å². The Kier molecular flexibility index (Phi) is 2.94. The van der Waals surface area contributed by atoms with Gasteiger partial charge in [0, 0.05) is 21.9 Å². The minimum atomic E-state index is 0.543. The second-order valence-electron chi connectivity index (χ2n) is 4.64. The first-order chi connectivity index (χ1) is 10.3. The molecule has 21 heavy (non-hydrogen) atoms. The fraction of sp³-hybridized carbons (Fsp3) is 0. The SMILES string of the molecule is Nc1nc(-c2ccsc2)nc2scc(-c3ccccc3)c12. The third kappa shape index (κ3) is 2.11. The Morgan fingerprint density at radius 2 is 1.76 bits per heavy atom. The molecule has 0 radical (unpaired) electrons. The van der Waals surface area contributed by atoms with E-state index in [0.717, 1.165) is 26.9 Å². The fourth-order valence-electron chi connectivity index (χ4n) is 2.32. The summed E-state index contributed by atoms with van der Waals surface area (Å²) in [5, 5.41) is 7.10. The largest absolute Gasteiger partial charge is 0.383 e. The highest BCUT2D eigenvalue weighted by Crippen LogP contribution is 2.37. The van der Waals surface area contributed by atoms with Crippen LogP contribution < -0.4 is 5.73 Å². The number of nitrogens with zero attached hydrogens (tertiary/aromatic N) is 2. The maximum absolute atomic E-state index is 6.20. The average molecular weight is 309 g/mol. The van der Waals surface area contributed by atoms with Crippen molar-refractivity contribution in [3.63, 3.8) is 0 Å². The molecule has 0 atom stereocenters. The zero-order chi connectivity index (χ0) is 14.2. The molecule has 2 N–H and O–H groups in total. The maximum atomic E-state index is 6.20. The number of thiophene rings is 2. The molecule has 3 aromatic heterocycles. The Labute approximate surface area is 129 Å². The molecule has 0 aliphatic heterocycles. The zero-order valence-electron chi connectivity index (χ0n) is 11.0. The number of hydrogen-bond acceptors (Lipinski definition) is 5. The Balaban J connectivity index is 1.94. The molecule has 0 amide bonds. The normalized spacial score (nSPS) is 11.0. The third-order valence-electron chi connectivity index (χ3n) is 3.33. The lowest BCUT2D eigenvalue weighted by Crippen LogP contribution is -1.96. The molecule has 4 rings (SSSR count). The number of benzene rings is 1. The standard InChI is InChI=1S/C16H11N3S2/c17-14-13-12(10-4-2-1-3-5-10)9-21-16(13)19-15(18-14)11-6-7-20-8-11/h1-9H,(H2,17,18,19). The van der Waals surface area contributed by atoms with E-state index in [4.69, 9.17) is 5.73 Å². The second-order valence-corrected chi connectivity index (χ2v) is 6.28. The summed E-state index contributed by atoms with van der Waals surface area (Å²) in [6.07, 6.45) is 0. The number of aromatic nitrogens is 2. The van der Waals surface area contributed by atoms with Gasteiger partial charge in [0.2, 0.25) is 0 Å². The number of anilines is 1. The molecule has 3 heterocycles. The zero-order valence-corrected chi connectivity index (χ0v) is 12.6. The van der Waals surface area contributed by atoms with Crippen LogP contribution in [0.25, 0.3) is 32.7 Å². The van der Waals surface area contributed by atoms with E-state index >= 15 is 0 Å². The second kappa shape index (κ2) is 4.95. The number of rotatable bonds is 2. The van der Waals surface area contributed by atoms with Crippen molar-refractivity contribution in [2.24, 2.45) is 0 Å². The fourth-order valence-corrected chi connectivity index (χ4v) is 3.91. The first kappa shape index (κ1) is 12.5. The Morgan fingerprint density at radius 3 is 2.52 bits per heavy atom. The summed E-state index contributed by atoms with van der Waals surface area (Å²) in [7, 11) is 0. The predicted molar refractivity (Wildman–Crippen MR) is 90.6 cm³/mol. The molecule has 102 valence electrons. The maximum Gasteiger partial charge on any atom is 0.163 e. The molecule has 0 saturated carbocycles. The summed E-state index contributed by atoms with van der Waals surface area (Å²) < 4.78 is 0. The molecule has 0 unspecified atom stereocenters. The first-order valence-electron chi connectivity index (χ1n) is 6.45. The summed E-state index contributed by atoms with van der Waals surface area (Å²) in [4.78, 5) is 10.1. The minimum Gasteiger partial charge on any atom is -0.383 e. The van der Waals surface area contributed by atoms with E-state index < -0.39 is 0 Å². The lowest BCUT2D eigenvalue weighted by atomic mass is 10.1. The van der Waals surface area contributed by atoms with Gasteiger partial charge in [0.15, 0.2) is 5.82 Å². The van der Waals surface area contributed by atoms with Crippen molar-refractivity contribution in [1.29, 1.82) is 0 Å². The van der Waals surface area contributed by atoms with E-state index in [9.17, 15) is 0 Å². The summed E-state index contributed by atoms with van der Waals surface area (Å²) in [6, 6.07) is 12.2. The molecular weight excluding hydrogens is 298 g/mol. The van der Waals surface area contributed by atoms with Crippen LogP contribution in [0.15, 0.2) is 52.5 Å². The molecule has 0 saturated heterocycles. The van der Waals surface area contributed by atoms with Crippen molar-refractivity contribution in [2.45, 2.75) is 0 Å². The number of hydrogen-bond donors (Lipinski definition) is 1. The highest BCUT2D eigenvalue weighted by atomic mass is 32.1. The first-order valence-corrected chi connectivity index (χ1v) is 8.28. The van der Waals surface area contributed by atoms with E-state index in [1.165, 1.54) is 0 Å². The molecule has 0 bridgehead atoms. The smallest absolute Gasteiger partial charge is 0.163 e. The summed E-state index contributed by atoms with van der Waals surface area (Å²) in [6.45, 7) is 0. The Morgan fingerprint density at radius 1 is 0.905 bits per heavy atom. The van der Waals surface area contributed by atoms with Crippen LogP contribution in [0.2, 0.25) is 0 Å². The van der Waals surface area contributed by atoms with Gasteiger partial charge in [0.05, 0.1) is 5.39 Å². The van der Waals surface area contributed by atoms with Gasteiger partial charge in [-0.1, -0.05) is 30.3 Å². The number of nitrogen functional groups attached to an aromatic ring is 1. The van der Waals surface area contributed by atoms with Crippen LogP contribution in [-0.2, 0) is 0 Å². The van der Waals surface area contributed by atoms with E-state index in [1.54, 1.807) is 22.7 Å². The highest BCUT2D eigenvalue weighted by Gasteiger charge is 2.14. The quantitative estimate of drug-likeness (QED) is 0.585. The number of fused-ring (bicyclic) bond motifs is 1. The number of nitrogens with two attached hydrogens (primary N) is 1. The van der Waals surface area contributed by atoms with Gasteiger partial charge in [0.25, 0.3) is 0 Å². The van der Waals surface area contributed by atoms with Crippen LogP contribution in [-0.4, -0.2) is 9.97 Å². The lowest BCUT2D eigenvalue weighted by molar-refractivity contribution is 1.25. The molecule has 4 aromatic rings. The molecule has 0 aliphatic rings. The van der Waals surface area contributed by atoms with Gasteiger partial charge in [-0.2, -0.15) is 11.3 Å². The van der Waals surface area contributed by atoms with Gasteiger partial charge in [-0.05, 0) is 17.0 Å². The molecule has 0 fully saturated rings. The van der Waals surface area contributed by atoms with Crippen molar-refractivity contribution in [1.82, 2.24) is 9.97 Å². The third-order valence-corrected chi connectivity index (χ3v) is 4.88. The van der Waals surface area contributed by atoms with Crippen molar-refractivity contribution in [3.05, 3.63) is 52.5 Å². The van der Waals surface area contributed by atoms with Crippen LogP contribution in [0.3, 0.4) is 0 Å². The van der Waals surface area contributed by atoms with E-state index in [-0.39, 0.29) is 0 Å². The van der Waals surface area contributed by atoms with E-state index in [0.29, 0.717) is 11.6 Å². The van der Waals surface area contributed by atoms with Crippen molar-refractivity contribution in [2.75, 3.05) is 5.73 Å². The molecule has 0 spiro atoms. The van der Waals surface area contributed by atoms with Gasteiger partial charge in [0.1, 0.15) is 10.6 Å². The summed E-state index contributed by atoms with van der Waals surface area (Å²) in [5.41, 5.74) is 9.46. The highest BCUT2D eigenvalue weighted by molar-refractivity contribution is 7.17. The van der Waals surface area contributed by atoms with Gasteiger partial charge in [-0.15, -0.1) is 11.3 Å². The van der Waals surface area contributed by atoms with Crippen LogP contribution in [0.5, 0.6) is 0 Å². The molecule has 0 aliphatic carbocycles. The van der Waals surface area contributed by atoms with Gasteiger partial charge < -0.3 is 5.73 Å². The molecule has 5 heteroatoms. The van der Waals surface area contributed by atoms with Gasteiger partial charge >= 0.3 is 0 Å². The Hall–Kier alpha value is -2.24. The predicted octanol–water partition coefficient (Wildman–Crippen LogP) is 4.67. The molecular formula is C16H11N3S2. The van der Waals surface area contributed by atoms with Crippen molar-refractivity contribution >= 4 is 38.7 Å².